The number of fused-ring (bicyclic) bond motifs is 4. The number of alkyl halides is 3. The Hall–Kier alpha value is -11.7. The van der Waals surface area contributed by atoms with Gasteiger partial charge in [-0.1, -0.05) is 288 Å². The molecule has 11 nitrogen and oxygen atoms in total. The second-order valence-corrected chi connectivity index (χ2v) is 44.5. The van der Waals surface area contributed by atoms with Gasteiger partial charge in [0.1, 0.15) is 28.0 Å². The molecule has 17 rings (SSSR count). The summed E-state index contributed by atoms with van der Waals surface area (Å²) in [5.41, 5.74) is 22.2. The highest BCUT2D eigenvalue weighted by Gasteiger charge is 2.33. The van der Waals surface area contributed by atoms with E-state index in [0.717, 1.165) is 105 Å². The van der Waals surface area contributed by atoms with Gasteiger partial charge >= 0.3 is 6.18 Å². The summed E-state index contributed by atoms with van der Waals surface area (Å²) < 4.78 is 56.7. The minimum absolute atomic E-state index is 0. The van der Waals surface area contributed by atoms with Gasteiger partial charge in [-0.2, -0.15) is 13.2 Å². The zero-order valence-corrected chi connectivity index (χ0v) is 90.2. The summed E-state index contributed by atoms with van der Waals surface area (Å²) in [5, 5.41) is 9.44. The Labute approximate surface area is 843 Å². The number of anilines is 2. The highest BCUT2D eigenvalue weighted by atomic mass is 32.1. The highest BCUT2D eigenvalue weighted by Crippen LogP contribution is 2.43. The van der Waals surface area contributed by atoms with Gasteiger partial charge in [-0.05, 0) is 283 Å². The summed E-state index contributed by atoms with van der Waals surface area (Å²) in [6.45, 7) is 66.6. The zero-order chi connectivity index (χ0) is 102. The number of benzene rings is 8. The fourth-order valence-corrected chi connectivity index (χ4v) is 18.1. The molecule has 7 aromatic heterocycles. The summed E-state index contributed by atoms with van der Waals surface area (Å²) in [6.07, 6.45) is 13.3. The van der Waals surface area contributed by atoms with Crippen molar-refractivity contribution in [1.29, 1.82) is 0 Å². The molecule has 1 saturated heterocycles. The van der Waals surface area contributed by atoms with Crippen LogP contribution < -0.4 is 19.3 Å². The van der Waals surface area contributed by atoms with Crippen molar-refractivity contribution >= 4 is 55.2 Å². The fraction of sp³-hybridized carbons (Fsp3) is 0.416. The lowest BCUT2D eigenvalue weighted by Gasteiger charge is -2.34. The van der Waals surface area contributed by atoms with E-state index in [9.17, 15) is 13.2 Å². The van der Waals surface area contributed by atoms with E-state index in [1.54, 1.807) is 31.6 Å². The number of ether oxygens (including phenoxy) is 2. The molecule has 15 aromatic rings. The molecule has 1 fully saturated rings. The summed E-state index contributed by atoms with van der Waals surface area (Å²) in [4.78, 5) is 27.3. The first-order valence-electron chi connectivity index (χ1n) is 49.8. The molecular weight excluding hydrogens is 1750 g/mol. The van der Waals surface area contributed by atoms with Crippen LogP contribution in [0.4, 0.5) is 24.5 Å². The number of aryl methyl sites for hydroxylation is 4. The predicted octanol–water partition coefficient (Wildman–Crippen LogP) is 35.9. The van der Waals surface area contributed by atoms with Crippen LogP contribution in [0.3, 0.4) is 0 Å². The molecule has 0 N–H and O–H groups in total. The normalized spacial score (nSPS) is 12.8. The van der Waals surface area contributed by atoms with Gasteiger partial charge in [0.25, 0.3) is 0 Å². The number of thiazole rings is 1. The molecule has 748 valence electrons. The Balaban J connectivity index is 0.000000195. The van der Waals surface area contributed by atoms with E-state index >= 15 is 0 Å². The Bertz CT molecular complexity index is 6300. The molecule has 2 aliphatic rings. The Kier molecular flexibility index (Phi) is 41.5. The molecule has 1 unspecified atom stereocenters. The number of nitrogens with zero attached hydrogens (tertiary/aromatic N) is 8. The van der Waals surface area contributed by atoms with E-state index < -0.39 is 11.7 Å². The molecule has 1 atom stereocenters. The lowest BCUT2D eigenvalue weighted by molar-refractivity contribution is -0.137. The van der Waals surface area contributed by atoms with Crippen molar-refractivity contribution in [3.8, 4) is 39.2 Å². The van der Waals surface area contributed by atoms with E-state index in [-0.39, 0.29) is 29.6 Å². The van der Waals surface area contributed by atoms with Crippen LogP contribution in [-0.2, 0) is 35.3 Å². The maximum Gasteiger partial charge on any atom is 0.416 e. The number of halogens is 3. The monoisotopic (exact) mass is 1910 g/mol. The average Bonchev–Trinajstić information content (AvgIpc) is 1.04. The van der Waals surface area contributed by atoms with Crippen molar-refractivity contribution in [2.75, 3.05) is 43.7 Å². The molecule has 0 spiro atoms. The standard InChI is InChI=1S/C21H26N2OS.C16H20.C14H18F3N.C14H17NO.C14H17N.C14H16O.C12H17N.C10H15N.C9H13N.CH4/c1-12(2)17-11-25-20(23-17)16-10-15(21(4,5)6)14-8-9-18(24-7)13(3)19(14)22-16;1-12(16(2,3)4)14-11-7-9-13-8-5-6-10-15(13)14;1-10(2)12-9-11(14(15,16)17)5-6-13(12)18-7-3-4-8-18;1-14(2,3)13-12-6-5-11(16-4)9-10(12)7-8-15-13;1-11(2)13-10-12(3)6-7-14(13)15-8-4-5-9-15;1-10(2)12-6-4-5-7-13(12)14-9-8-11(3)15-14;1-10(2)13-9-5-7-11-6-3-4-8-12(11)13;1-10(2,3)7-9-5-4-6-11-8-9;1-9(2,3)8-6-4-5-7-10-8;/h8-12H,1-7H3;5-12H,1-4H3;5-6,9-10H,3-4,7-8H2,1-2H3;5-9H,1-4H3;4-11H,1-3H3;4-10H,1-3H3;3-4,6,8,10H,5,7,9H2,1-2H3;4-6,8H,7H2,1-3H3;4-7H,1-3H3;1H4. The first-order valence-corrected chi connectivity index (χ1v) is 50.7. The number of aromatic nitrogens is 6. The van der Waals surface area contributed by atoms with E-state index in [2.05, 4.69) is 379 Å². The van der Waals surface area contributed by atoms with Crippen LogP contribution >= 0.6 is 11.3 Å². The molecule has 0 amide bonds. The van der Waals surface area contributed by atoms with Crippen LogP contribution in [0, 0.1) is 31.6 Å². The second-order valence-electron chi connectivity index (χ2n) is 43.6. The van der Waals surface area contributed by atoms with Gasteiger partial charge in [0.05, 0.1) is 42.4 Å². The fourth-order valence-electron chi connectivity index (χ4n) is 17.1. The molecule has 9 heterocycles. The molecular formula is C125H163F3N8O3S. The SMILES string of the molecule is C.CC(C)(C)Cc1cccnc1.CC(C)(C)c1ccccn1.CC(C)N1CCCc2ccccc21.CC(C)c1cc(C(F)(F)F)ccc1N1CCCC1.CC(c1cccc2ccccc12)C(C)(C)C.COc1ccc2c(C(C)(C)C)cc(-c3nc(C(C)C)cs3)nc2c1C.COc1ccc2c(C(C)(C)C)nccc2c1.Cc1ccc(-c2ccccc2C(C)C)o1.Cc1ccc(-n2cccc2)c(C(C)C)c1. The van der Waals surface area contributed by atoms with Gasteiger partial charge in [0.2, 0.25) is 0 Å². The number of hydrogen-bond acceptors (Lipinski definition) is 11. The smallest absolute Gasteiger partial charge is 0.416 e. The van der Waals surface area contributed by atoms with Crippen molar-refractivity contribution in [3.05, 3.63) is 345 Å². The molecule has 2 aliphatic heterocycles. The minimum Gasteiger partial charge on any atom is -0.497 e. The molecule has 0 radical (unpaired) electrons. The van der Waals surface area contributed by atoms with E-state index in [4.69, 9.17) is 23.9 Å². The summed E-state index contributed by atoms with van der Waals surface area (Å²) in [5.74, 6) is 5.86. The minimum atomic E-state index is -4.26. The predicted molar refractivity (Wildman–Crippen MR) is 595 cm³/mol. The largest absolute Gasteiger partial charge is 0.497 e. The number of hydrogen-bond donors (Lipinski definition) is 0. The maximum atomic E-state index is 12.7. The first-order chi connectivity index (χ1) is 65.5. The summed E-state index contributed by atoms with van der Waals surface area (Å²) in [7, 11) is 3.39. The highest BCUT2D eigenvalue weighted by molar-refractivity contribution is 7.13. The number of pyridine rings is 4. The lowest BCUT2D eigenvalue weighted by Crippen LogP contribution is -2.35. The van der Waals surface area contributed by atoms with Gasteiger partial charge in [0.15, 0.2) is 0 Å². The third kappa shape index (κ3) is 32.7. The zero-order valence-electron chi connectivity index (χ0n) is 89.4. The third-order valence-electron chi connectivity index (χ3n) is 25.2. The van der Waals surface area contributed by atoms with Gasteiger partial charge in [-0.25, -0.2) is 9.97 Å². The van der Waals surface area contributed by atoms with Gasteiger partial charge in [-0.15, -0.1) is 11.3 Å². The van der Waals surface area contributed by atoms with Crippen molar-refractivity contribution in [3.63, 3.8) is 0 Å². The number of methoxy groups -OCH3 is 2. The molecule has 140 heavy (non-hydrogen) atoms. The first kappa shape index (κ1) is 114. The van der Waals surface area contributed by atoms with Crippen LogP contribution in [0.15, 0.2) is 271 Å². The Morgan fingerprint density at radius 2 is 1.11 bits per heavy atom. The Morgan fingerprint density at radius 1 is 0.479 bits per heavy atom. The van der Waals surface area contributed by atoms with Crippen molar-refractivity contribution < 1.29 is 27.1 Å². The van der Waals surface area contributed by atoms with Crippen LogP contribution in [0.2, 0.25) is 0 Å². The van der Waals surface area contributed by atoms with Crippen molar-refractivity contribution in [2.24, 2.45) is 10.8 Å². The number of para-hydroxylation sites is 1. The van der Waals surface area contributed by atoms with Gasteiger partial charge < -0.3 is 28.3 Å². The van der Waals surface area contributed by atoms with Crippen LogP contribution in [0.1, 0.15) is 315 Å². The van der Waals surface area contributed by atoms with Crippen molar-refractivity contribution in [1.82, 2.24) is 29.5 Å². The quantitative estimate of drug-likeness (QED) is 0.111. The van der Waals surface area contributed by atoms with Crippen LogP contribution in [0.25, 0.3) is 60.2 Å². The maximum absolute atomic E-state index is 12.7. The molecule has 8 aromatic carbocycles. The van der Waals surface area contributed by atoms with Crippen LogP contribution in [0.5, 0.6) is 11.5 Å². The Morgan fingerprint density at radius 3 is 1.68 bits per heavy atom. The van der Waals surface area contributed by atoms with Crippen LogP contribution in [-0.4, -0.2) is 69.4 Å². The molecule has 15 heteroatoms. The number of furan rings is 1. The van der Waals surface area contributed by atoms with Gasteiger partial charge in [0, 0.05) is 124 Å². The topological polar surface area (TPSA) is 107 Å². The summed E-state index contributed by atoms with van der Waals surface area (Å²) >= 11 is 1.67. The summed E-state index contributed by atoms with van der Waals surface area (Å²) in [6, 6.07) is 76.7. The van der Waals surface area contributed by atoms with E-state index in [1.165, 1.54) is 114 Å². The molecule has 0 bridgehead atoms. The average molecular weight is 1910 g/mol. The van der Waals surface area contributed by atoms with Gasteiger partial charge in [-0.3, -0.25) is 15.0 Å². The molecule has 0 saturated carbocycles. The van der Waals surface area contributed by atoms with E-state index in [1.807, 2.05) is 100 Å². The second kappa shape index (κ2) is 51.1. The lowest BCUT2D eigenvalue weighted by atomic mass is 9.76. The van der Waals surface area contributed by atoms with E-state index in [0.29, 0.717) is 40.5 Å². The third-order valence-corrected chi connectivity index (χ3v) is 26.1. The van der Waals surface area contributed by atoms with Crippen molar-refractivity contribution in [2.45, 2.75) is 298 Å². The molecule has 0 aliphatic carbocycles. The number of rotatable bonds is 13.